The number of carboxylic acids is 1. The second-order valence-corrected chi connectivity index (χ2v) is 5.40. The lowest BCUT2D eigenvalue weighted by molar-refractivity contribution is -0.138. The Labute approximate surface area is 126 Å². The van der Waals surface area contributed by atoms with Crippen LogP contribution < -0.4 is 0 Å². The summed E-state index contributed by atoms with van der Waals surface area (Å²) in [5.41, 5.74) is 0. The van der Waals surface area contributed by atoms with Crippen molar-refractivity contribution in [3.8, 4) is 0 Å². The van der Waals surface area contributed by atoms with Gasteiger partial charge in [0, 0.05) is 12.2 Å². The predicted molar refractivity (Wildman–Crippen MR) is 79.0 cm³/mol. The Bertz CT molecular complexity index is 351. The summed E-state index contributed by atoms with van der Waals surface area (Å²) in [5.74, 6) is -1.76. The lowest BCUT2D eigenvalue weighted by Gasteiger charge is -2.00. The maximum absolute atomic E-state index is 11.1. The van der Waals surface area contributed by atoms with Gasteiger partial charge in [0.2, 0.25) is 0 Å². The van der Waals surface area contributed by atoms with Gasteiger partial charge in [0.1, 0.15) is 0 Å². The van der Waals surface area contributed by atoms with Crippen LogP contribution in [0.25, 0.3) is 0 Å². The molecule has 1 fully saturated rings. The minimum Gasteiger partial charge on any atom is -0.478 e. The van der Waals surface area contributed by atoms with Crippen LogP contribution >= 0.6 is 0 Å². The molecule has 0 radical (unpaired) electrons. The van der Waals surface area contributed by atoms with E-state index in [0.29, 0.717) is 18.8 Å². The van der Waals surface area contributed by atoms with Crippen molar-refractivity contribution in [3.63, 3.8) is 0 Å². The zero-order chi connectivity index (χ0) is 15.5. The van der Waals surface area contributed by atoms with Crippen molar-refractivity contribution < 1.29 is 24.2 Å². The summed E-state index contributed by atoms with van der Waals surface area (Å²) in [6.45, 7) is 2.52. The molecule has 0 aliphatic carbocycles. The van der Waals surface area contributed by atoms with E-state index in [-0.39, 0.29) is 0 Å². The number of ether oxygens (including phenoxy) is 2. The van der Waals surface area contributed by atoms with Gasteiger partial charge in [-0.25, -0.2) is 9.59 Å². The SMILES string of the molecule is CCCCCCCC1OC1CCCOC(=O)C=CC(=O)O. The Hall–Kier alpha value is -1.36. The highest BCUT2D eigenvalue weighted by Gasteiger charge is 2.36. The molecular weight excluding hydrogens is 272 g/mol. The fraction of sp³-hybridized carbons (Fsp3) is 0.750. The average Bonchev–Trinajstić information content (AvgIpc) is 3.19. The van der Waals surface area contributed by atoms with Gasteiger partial charge < -0.3 is 14.6 Å². The Morgan fingerprint density at radius 1 is 1.05 bits per heavy atom. The Morgan fingerprint density at radius 2 is 1.71 bits per heavy atom. The second-order valence-electron chi connectivity index (χ2n) is 5.40. The van der Waals surface area contributed by atoms with E-state index in [0.717, 1.165) is 31.4 Å². The average molecular weight is 298 g/mol. The third kappa shape index (κ3) is 9.24. The van der Waals surface area contributed by atoms with Gasteiger partial charge in [0.15, 0.2) is 0 Å². The molecule has 1 aliphatic heterocycles. The Balaban J connectivity index is 1.91. The van der Waals surface area contributed by atoms with Crippen molar-refractivity contribution in [1.29, 1.82) is 0 Å². The summed E-state index contributed by atoms with van der Waals surface area (Å²) < 4.78 is 10.5. The molecule has 5 heteroatoms. The largest absolute Gasteiger partial charge is 0.478 e. The van der Waals surface area contributed by atoms with Crippen molar-refractivity contribution in [2.75, 3.05) is 6.61 Å². The lowest BCUT2D eigenvalue weighted by Crippen LogP contribution is -2.05. The van der Waals surface area contributed by atoms with E-state index >= 15 is 0 Å². The first-order valence-corrected chi connectivity index (χ1v) is 7.86. The number of epoxide rings is 1. The molecular formula is C16H26O5. The van der Waals surface area contributed by atoms with E-state index in [2.05, 4.69) is 6.92 Å². The highest BCUT2D eigenvalue weighted by Crippen LogP contribution is 2.31. The summed E-state index contributed by atoms with van der Waals surface area (Å²) >= 11 is 0. The molecule has 0 aromatic rings. The molecule has 1 N–H and O–H groups in total. The summed E-state index contributed by atoms with van der Waals surface area (Å²) in [5, 5.41) is 8.35. The van der Waals surface area contributed by atoms with Crippen molar-refractivity contribution in [1.82, 2.24) is 0 Å². The molecule has 21 heavy (non-hydrogen) atoms. The van der Waals surface area contributed by atoms with Crippen LogP contribution in [0.1, 0.15) is 58.3 Å². The van der Waals surface area contributed by atoms with Crippen LogP contribution in [-0.4, -0.2) is 35.9 Å². The molecule has 0 saturated carbocycles. The number of aliphatic carboxylic acids is 1. The summed E-state index contributed by atoms with van der Waals surface area (Å²) in [7, 11) is 0. The first kappa shape index (κ1) is 17.7. The molecule has 1 saturated heterocycles. The standard InChI is InChI=1S/C16H26O5/c1-2-3-4-5-6-8-13-14(21-13)9-7-12-20-16(19)11-10-15(17)18/h10-11,13-14H,2-9,12H2,1H3,(H,17,18). The van der Waals surface area contributed by atoms with Crippen molar-refractivity contribution >= 4 is 11.9 Å². The predicted octanol–water partition coefficient (Wildman–Crippen LogP) is 3.08. The van der Waals surface area contributed by atoms with Gasteiger partial charge in [-0.05, 0) is 19.3 Å². The zero-order valence-corrected chi connectivity index (χ0v) is 12.8. The zero-order valence-electron chi connectivity index (χ0n) is 12.8. The number of carbonyl (C=O) groups excluding carboxylic acids is 1. The van der Waals surface area contributed by atoms with Gasteiger partial charge in [-0.1, -0.05) is 39.0 Å². The van der Waals surface area contributed by atoms with E-state index in [1.54, 1.807) is 0 Å². The smallest absolute Gasteiger partial charge is 0.331 e. The fourth-order valence-corrected chi connectivity index (χ4v) is 2.28. The second kappa shape index (κ2) is 10.4. The maximum atomic E-state index is 11.1. The number of carbonyl (C=O) groups is 2. The molecule has 120 valence electrons. The van der Waals surface area contributed by atoms with E-state index in [1.807, 2.05) is 0 Å². The quantitative estimate of drug-likeness (QED) is 0.259. The number of rotatable bonds is 12. The number of esters is 1. The highest BCUT2D eigenvalue weighted by atomic mass is 16.6. The number of carboxylic acid groups (broad SMARTS) is 1. The summed E-state index contributed by atoms with van der Waals surface area (Å²) in [6, 6.07) is 0. The van der Waals surface area contributed by atoms with Crippen molar-refractivity contribution in [2.45, 2.75) is 70.5 Å². The number of unbranched alkanes of at least 4 members (excludes halogenated alkanes) is 4. The van der Waals surface area contributed by atoms with Gasteiger partial charge in [0.05, 0.1) is 18.8 Å². The lowest BCUT2D eigenvalue weighted by atomic mass is 10.1. The van der Waals surface area contributed by atoms with Crippen LogP contribution in [0.4, 0.5) is 0 Å². The van der Waals surface area contributed by atoms with Crippen LogP contribution in [0.3, 0.4) is 0 Å². The summed E-state index contributed by atoms with van der Waals surface area (Å²) in [6.07, 6.45) is 11.6. The van der Waals surface area contributed by atoms with Gasteiger partial charge in [-0.2, -0.15) is 0 Å². The number of hydrogen-bond donors (Lipinski definition) is 1. The number of hydrogen-bond acceptors (Lipinski definition) is 4. The molecule has 0 amide bonds. The molecule has 2 unspecified atom stereocenters. The van der Waals surface area contributed by atoms with E-state index in [9.17, 15) is 9.59 Å². The molecule has 1 rings (SSSR count). The van der Waals surface area contributed by atoms with Gasteiger partial charge in [0.25, 0.3) is 0 Å². The van der Waals surface area contributed by atoms with Crippen molar-refractivity contribution in [2.24, 2.45) is 0 Å². The van der Waals surface area contributed by atoms with Crippen molar-refractivity contribution in [3.05, 3.63) is 12.2 Å². The van der Waals surface area contributed by atoms with Crippen LogP contribution in [0, 0.1) is 0 Å². The van der Waals surface area contributed by atoms with Crippen LogP contribution in [-0.2, 0) is 19.1 Å². The minimum atomic E-state index is -1.15. The first-order chi connectivity index (χ1) is 10.1. The Morgan fingerprint density at radius 3 is 2.38 bits per heavy atom. The minimum absolute atomic E-state index is 0.311. The fourth-order valence-electron chi connectivity index (χ4n) is 2.28. The molecule has 0 aromatic carbocycles. The van der Waals surface area contributed by atoms with E-state index in [4.69, 9.17) is 14.6 Å². The normalized spacial score (nSPS) is 20.6. The monoisotopic (exact) mass is 298 g/mol. The molecule has 0 spiro atoms. The molecule has 0 aromatic heterocycles. The third-order valence-corrected chi connectivity index (χ3v) is 3.52. The van der Waals surface area contributed by atoms with E-state index < -0.39 is 11.9 Å². The molecule has 5 nitrogen and oxygen atoms in total. The van der Waals surface area contributed by atoms with Crippen LogP contribution in [0.2, 0.25) is 0 Å². The van der Waals surface area contributed by atoms with E-state index in [1.165, 1.54) is 32.1 Å². The third-order valence-electron chi connectivity index (χ3n) is 3.52. The topological polar surface area (TPSA) is 76.1 Å². The van der Waals surface area contributed by atoms with Gasteiger partial charge in [-0.15, -0.1) is 0 Å². The molecule has 1 heterocycles. The van der Waals surface area contributed by atoms with Crippen LogP contribution in [0.15, 0.2) is 12.2 Å². The maximum Gasteiger partial charge on any atom is 0.331 e. The first-order valence-electron chi connectivity index (χ1n) is 7.86. The van der Waals surface area contributed by atoms with Gasteiger partial charge in [-0.3, -0.25) is 0 Å². The molecule has 2 atom stereocenters. The highest BCUT2D eigenvalue weighted by molar-refractivity contribution is 5.90. The Kier molecular flexibility index (Phi) is 8.74. The summed E-state index contributed by atoms with van der Waals surface area (Å²) in [4.78, 5) is 21.3. The molecule has 0 bridgehead atoms. The molecule has 1 aliphatic rings. The van der Waals surface area contributed by atoms with Gasteiger partial charge >= 0.3 is 11.9 Å². The van der Waals surface area contributed by atoms with Crippen LogP contribution in [0.5, 0.6) is 0 Å².